The minimum atomic E-state index is -3.76. The largest absolute Gasteiger partial charge is 0.243 e. The summed E-state index contributed by atoms with van der Waals surface area (Å²) in [7, 11) is -7.21. The van der Waals surface area contributed by atoms with Crippen LogP contribution in [0.2, 0.25) is 0 Å². The number of benzene rings is 1. The molecule has 9 heteroatoms. The molecule has 1 fully saturated rings. The van der Waals surface area contributed by atoms with Gasteiger partial charge in [0, 0.05) is 19.1 Å². The third kappa shape index (κ3) is 4.28. The SMILES string of the molecule is CC(C)S(=O)(=O)NC1CCCN(S(=O)(=O)c2ccc(F)cc2)C1. The Balaban J connectivity index is 2.16. The molecule has 0 radical (unpaired) electrons. The van der Waals surface area contributed by atoms with Crippen molar-refractivity contribution in [2.24, 2.45) is 0 Å². The first kappa shape index (κ1) is 18.3. The normalized spacial score (nSPS) is 20.8. The Morgan fingerprint density at radius 3 is 2.35 bits per heavy atom. The summed E-state index contributed by atoms with van der Waals surface area (Å²) in [5.41, 5.74) is 0. The number of sulfonamides is 2. The van der Waals surface area contributed by atoms with Crippen LogP contribution in [0.4, 0.5) is 4.39 Å². The van der Waals surface area contributed by atoms with Gasteiger partial charge in [0.2, 0.25) is 20.0 Å². The zero-order valence-electron chi connectivity index (χ0n) is 13.1. The standard InChI is InChI=1S/C14H21FN2O4S2/c1-11(2)22(18,19)16-13-4-3-9-17(10-13)23(20,21)14-7-5-12(15)6-8-14/h5-8,11,13,16H,3-4,9-10H2,1-2H3. The first-order chi connectivity index (χ1) is 10.6. The Bertz CT molecular complexity index is 745. The summed E-state index contributed by atoms with van der Waals surface area (Å²) in [6, 6.07) is 4.16. The highest BCUT2D eigenvalue weighted by atomic mass is 32.2. The van der Waals surface area contributed by atoms with Gasteiger partial charge in [-0.1, -0.05) is 0 Å². The van der Waals surface area contributed by atoms with E-state index in [1.165, 1.54) is 16.4 Å². The lowest BCUT2D eigenvalue weighted by atomic mass is 10.1. The minimum absolute atomic E-state index is 0.00580. The Labute approximate surface area is 136 Å². The van der Waals surface area contributed by atoms with E-state index in [0.29, 0.717) is 19.4 Å². The summed E-state index contributed by atoms with van der Waals surface area (Å²) in [6.45, 7) is 3.53. The Hall–Kier alpha value is -1.03. The van der Waals surface area contributed by atoms with Crippen molar-refractivity contribution in [1.82, 2.24) is 9.03 Å². The highest BCUT2D eigenvalue weighted by molar-refractivity contribution is 7.90. The number of nitrogens with one attached hydrogen (secondary N) is 1. The second-order valence-corrected chi connectivity index (χ2v) is 10.1. The molecule has 1 atom stereocenters. The quantitative estimate of drug-likeness (QED) is 0.854. The van der Waals surface area contributed by atoms with E-state index in [0.717, 1.165) is 12.1 Å². The van der Waals surface area contributed by atoms with Crippen molar-refractivity contribution in [2.75, 3.05) is 13.1 Å². The molecule has 1 aromatic carbocycles. The van der Waals surface area contributed by atoms with Crippen molar-refractivity contribution in [1.29, 1.82) is 0 Å². The lowest BCUT2D eigenvalue weighted by Crippen LogP contribution is -2.50. The molecule has 23 heavy (non-hydrogen) atoms. The molecule has 0 aromatic heterocycles. The van der Waals surface area contributed by atoms with Crippen molar-refractivity contribution in [3.63, 3.8) is 0 Å². The molecule has 0 saturated carbocycles. The summed E-state index contributed by atoms with van der Waals surface area (Å²) in [6.07, 6.45) is 1.15. The molecule has 1 aliphatic rings. The van der Waals surface area contributed by atoms with E-state index in [4.69, 9.17) is 0 Å². The zero-order chi connectivity index (χ0) is 17.3. The van der Waals surface area contributed by atoms with Crippen LogP contribution in [-0.2, 0) is 20.0 Å². The van der Waals surface area contributed by atoms with E-state index >= 15 is 0 Å². The van der Waals surface area contributed by atoms with Crippen LogP contribution in [0.5, 0.6) is 0 Å². The van der Waals surface area contributed by atoms with Gasteiger partial charge in [-0.15, -0.1) is 0 Å². The topological polar surface area (TPSA) is 83.6 Å². The van der Waals surface area contributed by atoms with Gasteiger partial charge in [-0.25, -0.2) is 25.9 Å². The van der Waals surface area contributed by atoms with Gasteiger partial charge in [0.1, 0.15) is 5.82 Å². The molecule has 1 heterocycles. The minimum Gasteiger partial charge on any atom is -0.212 e. The first-order valence-corrected chi connectivity index (χ1v) is 10.4. The maximum Gasteiger partial charge on any atom is 0.243 e. The highest BCUT2D eigenvalue weighted by Gasteiger charge is 2.32. The van der Waals surface area contributed by atoms with Gasteiger partial charge in [-0.05, 0) is 51.0 Å². The van der Waals surface area contributed by atoms with Crippen LogP contribution in [0.1, 0.15) is 26.7 Å². The lowest BCUT2D eigenvalue weighted by Gasteiger charge is -2.32. The van der Waals surface area contributed by atoms with Crippen LogP contribution in [0.3, 0.4) is 0 Å². The number of rotatable bonds is 5. The van der Waals surface area contributed by atoms with E-state index in [9.17, 15) is 21.2 Å². The molecule has 0 bridgehead atoms. The van der Waals surface area contributed by atoms with Gasteiger partial charge in [0.05, 0.1) is 10.1 Å². The Kier molecular flexibility index (Phi) is 5.44. The average molecular weight is 364 g/mol. The average Bonchev–Trinajstić information content (AvgIpc) is 2.47. The number of halogens is 1. The number of piperidine rings is 1. The van der Waals surface area contributed by atoms with E-state index in [2.05, 4.69) is 4.72 Å². The second kappa shape index (κ2) is 6.84. The van der Waals surface area contributed by atoms with E-state index in [1.807, 2.05) is 0 Å². The van der Waals surface area contributed by atoms with Crippen molar-refractivity contribution in [3.8, 4) is 0 Å². The molecule has 1 N–H and O–H groups in total. The molecule has 0 amide bonds. The van der Waals surface area contributed by atoms with Crippen LogP contribution in [0, 0.1) is 5.82 Å². The predicted molar refractivity (Wildman–Crippen MR) is 85.4 cm³/mol. The van der Waals surface area contributed by atoms with E-state index in [1.54, 1.807) is 13.8 Å². The van der Waals surface area contributed by atoms with Gasteiger partial charge in [-0.2, -0.15) is 4.31 Å². The maximum absolute atomic E-state index is 13.0. The van der Waals surface area contributed by atoms with Crippen molar-refractivity contribution in [3.05, 3.63) is 30.1 Å². The molecular formula is C14H21FN2O4S2. The van der Waals surface area contributed by atoms with Crippen LogP contribution >= 0.6 is 0 Å². The summed E-state index contributed by atoms with van der Waals surface area (Å²) in [5, 5.41) is -0.577. The van der Waals surface area contributed by atoms with Crippen LogP contribution in [0.25, 0.3) is 0 Å². The predicted octanol–water partition coefficient (Wildman–Crippen LogP) is 1.31. The molecule has 0 spiro atoms. The molecule has 1 aromatic rings. The highest BCUT2D eigenvalue weighted by Crippen LogP contribution is 2.21. The third-order valence-electron chi connectivity index (χ3n) is 3.79. The fraction of sp³-hybridized carbons (Fsp3) is 0.571. The number of hydrogen-bond acceptors (Lipinski definition) is 4. The summed E-state index contributed by atoms with van der Waals surface area (Å²) < 4.78 is 65.8. The molecule has 1 saturated heterocycles. The van der Waals surface area contributed by atoms with Gasteiger partial charge in [0.15, 0.2) is 0 Å². The third-order valence-corrected chi connectivity index (χ3v) is 7.57. The number of hydrogen-bond donors (Lipinski definition) is 1. The van der Waals surface area contributed by atoms with Crippen molar-refractivity contribution < 1.29 is 21.2 Å². The maximum atomic E-state index is 13.0. The fourth-order valence-corrected chi connectivity index (χ4v) is 4.83. The van der Waals surface area contributed by atoms with Crippen LogP contribution in [0.15, 0.2) is 29.2 Å². The first-order valence-electron chi connectivity index (χ1n) is 7.40. The molecule has 0 aliphatic carbocycles. The molecule has 1 aliphatic heterocycles. The lowest BCUT2D eigenvalue weighted by molar-refractivity contribution is 0.303. The van der Waals surface area contributed by atoms with E-state index < -0.39 is 37.2 Å². The smallest absolute Gasteiger partial charge is 0.212 e. The monoisotopic (exact) mass is 364 g/mol. The molecular weight excluding hydrogens is 343 g/mol. The Morgan fingerprint density at radius 1 is 1.17 bits per heavy atom. The summed E-state index contributed by atoms with van der Waals surface area (Å²) in [5.74, 6) is -0.509. The van der Waals surface area contributed by atoms with Crippen molar-refractivity contribution in [2.45, 2.75) is 42.9 Å². The Morgan fingerprint density at radius 2 is 1.78 bits per heavy atom. The van der Waals surface area contributed by atoms with Crippen LogP contribution in [-0.4, -0.2) is 45.5 Å². The molecule has 6 nitrogen and oxygen atoms in total. The van der Waals surface area contributed by atoms with Crippen molar-refractivity contribution >= 4 is 20.0 Å². The van der Waals surface area contributed by atoms with E-state index in [-0.39, 0.29) is 11.4 Å². The molecule has 130 valence electrons. The van der Waals surface area contributed by atoms with Gasteiger partial charge < -0.3 is 0 Å². The molecule has 1 unspecified atom stereocenters. The fourth-order valence-electron chi connectivity index (χ4n) is 2.38. The zero-order valence-corrected chi connectivity index (χ0v) is 14.7. The second-order valence-electron chi connectivity index (χ2n) is 5.87. The van der Waals surface area contributed by atoms with Gasteiger partial charge in [-0.3, -0.25) is 0 Å². The van der Waals surface area contributed by atoms with Gasteiger partial charge in [0.25, 0.3) is 0 Å². The van der Waals surface area contributed by atoms with Crippen LogP contribution < -0.4 is 4.72 Å². The molecule has 2 rings (SSSR count). The summed E-state index contributed by atoms with van der Waals surface area (Å²) in [4.78, 5) is 0.00580. The van der Waals surface area contributed by atoms with Gasteiger partial charge >= 0.3 is 0 Å². The summed E-state index contributed by atoms with van der Waals surface area (Å²) >= 11 is 0. The number of nitrogens with zero attached hydrogens (tertiary/aromatic N) is 1.